The lowest BCUT2D eigenvalue weighted by molar-refractivity contribution is -0.383. The van der Waals surface area contributed by atoms with Crippen molar-refractivity contribution in [2.75, 3.05) is 22.9 Å². The van der Waals surface area contributed by atoms with Crippen molar-refractivity contribution in [1.82, 2.24) is 9.97 Å². The standard InChI is InChI=1S/C21H33N5O2/c1-5-15-8-6-7-9-24(15)18-17(26(27)28)19(23-14-22-18)25-13-21(4)11-16(25)10-20(2,3)12-21/h14-16H,5-13H2,1-4H3. The third-order valence-corrected chi connectivity index (χ3v) is 7.02. The molecule has 2 bridgehead atoms. The quantitative estimate of drug-likeness (QED) is 0.557. The summed E-state index contributed by atoms with van der Waals surface area (Å²) in [7, 11) is 0. The highest BCUT2D eigenvalue weighted by atomic mass is 16.6. The van der Waals surface area contributed by atoms with Gasteiger partial charge in [0.15, 0.2) is 0 Å². The second kappa shape index (κ2) is 6.85. The Balaban J connectivity index is 1.76. The maximum absolute atomic E-state index is 12.2. The van der Waals surface area contributed by atoms with Gasteiger partial charge in [0.25, 0.3) is 0 Å². The topological polar surface area (TPSA) is 75.4 Å². The second-order valence-corrected chi connectivity index (χ2v) is 10.2. The second-order valence-electron chi connectivity index (χ2n) is 10.2. The fraction of sp³-hybridized carbons (Fsp3) is 0.810. The first-order valence-corrected chi connectivity index (χ1v) is 10.8. The molecule has 0 spiro atoms. The van der Waals surface area contributed by atoms with E-state index in [0.717, 1.165) is 51.6 Å². The zero-order valence-electron chi connectivity index (χ0n) is 17.6. The molecule has 1 aromatic heterocycles. The number of anilines is 2. The summed E-state index contributed by atoms with van der Waals surface area (Å²) in [4.78, 5) is 25.3. The Morgan fingerprint density at radius 3 is 2.57 bits per heavy atom. The number of rotatable bonds is 4. The normalized spacial score (nSPS) is 31.9. The highest BCUT2D eigenvalue weighted by Gasteiger charge is 2.51. The van der Waals surface area contributed by atoms with Gasteiger partial charge in [0, 0.05) is 25.2 Å². The molecule has 0 amide bonds. The van der Waals surface area contributed by atoms with Crippen LogP contribution in [0.1, 0.15) is 72.6 Å². The van der Waals surface area contributed by atoms with Gasteiger partial charge in [0.2, 0.25) is 11.6 Å². The molecule has 28 heavy (non-hydrogen) atoms. The molecule has 4 rings (SSSR count). The summed E-state index contributed by atoms with van der Waals surface area (Å²) in [6.07, 6.45) is 9.14. The Bertz CT molecular complexity index is 767. The van der Waals surface area contributed by atoms with Gasteiger partial charge in [0.1, 0.15) is 6.33 Å². The van der Waals surface area contributed by atoms with Crippen LogP contribution in [0.5, 0.6) is 0 Å². The van der Waals surface area contributed by atoms with Crippen LogP contribution >= 0.6 is 0 Å². The van der Waals surface area contributed by atoms with Crippen molar-refractivity contribution >= 4 is 17.3 Å². The average molecular weight is 388 g/mol. The fourth-order valence-corrected chi connectivity index (χ4v) is 6.36. The van der Waals surface area contributed by atoms with E-state index in [2.05, 4.69) is 47.5 Å². The molecule has 1 saturated carbocycles. The summed E-state index contributed by atoms with van der Waals surface area (Å²) >= 11 is 0. The number of aromatic nitrogens is 2. The summed E-state index contributed by atoms with van der Waals surface area (Å²) in [5.74, 6) is 1.05. The van der Waals surface area contributed by atoms with Crippen molar-refractivity contribution in [2.45, 2.75) is 84.7 Å². The number of fused-ring (bicyclic) bond motifs is 2. The molecular formula is C21H33N5O2. The van der Waals surface area contributed by atoms with E-state index >= 15 is 0 Å². The molecule has 3 unspecified atom stereocenters. The molecule has 3 heterocycles. The molecule has 0 aromatic carbocycles. The van der Waals surface area contributed by atoms with Crippen molar-refractivity contribution in [1.29, 1.82) is 0 Å². The minimum atomic E-state index is -0.248. The van der Waals surface area contributed by atoms with Gasteiger partial charge in [-0.25, -0.2) is 9.97 Å². The smallest absolute Gasteiger partial charge is 0.348 e. The van der Waals surface area contributed by atoms with Crippen molar-refractivity contribution in [2.24, 2.45) is 10.8 Å². The number of piperidine rings is 1. The van der Waals surface area contributed by atoms with E-state index in [9.17, 15) is 10.1 Å². The zero-order valence-corrected chi connectivity index (χ0v) is 17.6. The van der Waals surface area contributed by atoms with E-state index in [0.29, 0.717) is 23.7 Å². The van der Waals surface area contributed by atoms with Crippen LogP contribution in [0.4, 0.5) is 17.3 Å². The molecule has 3 atom stereocenters. The van der Waals surface area contributed by atoms with Gasteiger partial charge in [-0.3, -0.25) is 10.1 Å². The Labute approximate surface area is 167 Å². The van der Waals surface area contributed by atoms with Crippen molar-refractivity contribution < 1.29 is 4.92 Å². The Morgan fingerprint density at radius 2 is 1.89 bits per heavy atom. The number of hydrogen-bond donors (Lipinski definition) is 0. The van der Waals surface area contributed by atoms with Crippen molar-refractivity contribution in [3.8, 4) is 0 Å². The zero-order chi connectivity index (χ0) is 20.1. The van der Waals surface area contributed by atoms with Crippen molar-refractivity contribution in [3.05, 3.63) is 16.4 Å². The van der Waals surface area contributed by atoms with Gasteiger partial charge < -0.3 is 9.80 Å². The molecule has 0 N–H and O–H groups in total. The molecule has 1 aromatic rings. The van der Waals surface area contributed by atoms with Crippen LogP contribution in [-0.2, 0) is 0 Å². The van der Waals surface area contributed by atoms with Crippen LogP contribution in [0.15, 0.2) is 6.33 Å². The van der Waals surface area contributed by atoms with Gasteiger partial charge in [-0.1, -0.05) is 27.7 Å². The van der Waals surface area contributed by atoms with Gasteiger partial charge in [-0.05, 0) is 55.8 Å². The largest absolute Gasteiger partial charge is 0.353 e. The lowest BCUT2D eigenvalue weighted by Gasteiger charge is -2.39. The summed E-state index contributed by atoms with van der Waals surface area (Å²) in [6.45, 7) is 10.8. The first-order valence-electron chi connectivity index (χ1n) is 10.8. The minimum absolute atomic E-state index is 0.108. The van der Waals surface area contributed by atoms with E-state index in [1.54, 1.807) is 0 Å². The van der Waals surface area contributed by atoms with E-state index in [1.165, 1.54) is 12.7 Å². The summed E-state index contributed by atoms with van der Waals surface area (Å²) in [5, 5.41) is 12.2. The van der Waals surface area contributed by atoms with Crippen LogP contribution in [0.3, 0.4) is 0 Å². The highest BCUT2D eigenvalue weighted by Crippen LogP contribution is 2.54. The van der Waals surface area contributed by atoms with E-state index in [1.807, 2.05) is 0 Å². The lowest BCUT2D eigenvalue weighted by atomic mass is 9.65. The maximum atomic E-state index is 12.2. The molecule has 1 aliphatic carbocycles. The van der Waals surface area contributed by atoms with Crippen LogP contribution in [0, 0.1) is 20.9 Å². The highest BCUT2D eigenvalue weighted by molar-refractivity contribution is 5.72. The predicted molar refractivity (Wildman–Crippen MR) is 111 cm³/mol. The minimum Gasteiger partial charge on any atom is -0.348 e. The predicted octanol–water partition coefficient (Wildman–Crippen LogP) is 4.56. The molecule has 7 nitrogen and oxygen atoms in total. The van der Waals surface area contributed by atoms with Crippen LogP contribution < -0.4 is 9.80 Å². The molecule has 3 fully saturated rings. The Kier molecular flexibility index (Phi) is 4.74. The van der Waals surface area contributed by atoms with Gasteiger partial charge in [0.05, 0.1) is 4.92 Å². The van der Waals surface area contributed by atoms with Gasteiger partial charge in [-0.2, -0.15) is 0 Å². The molecule has 7 heteroatoms. The SMILES string of the molecule is CCC1CCCCN1c1ncnc(N2CC3(C)CC2CC(C)(C)C3)c1[N+](=O)[O-]. The Hall–Kier alpha value is -1.92. The summed E-state index contributed by atoms with van der Waals surface area (Å²) < 4.78 is 0. The molecule has 154 valence electrons. The van der Waals surface area contributed by atoms with Gasteiger partial charge in [-0.15, -0.1) is 0 Å². The summed E-state index contributed by atoms with van der Waals surface area (Å²) in [5.41, 5.74) is 0.566. The molecular weight excluding hydrogens is 354 g/mol. The molecule has 0 radical (unpaired) electrons. The fourth-order valence-electron chi connectivity index (χ4n) is 6.36. The molecule has 3 aliphatic rings. The van der Waals surface area contributed by atoms with E-state index in [-0.39, 0.29) is 21.4 Å². The third-order valence-electron chi connectivity index (χ3n) is 7.02. The first kappa shape index (κ1) is 19.4. The molecule has 2 aliphatic heterocycles. The Morgan fingerprint density at radius 1 is 1.18 bits per heavy atom. The van der Waals surface area contributed by atoms with E-state index in [4.69, 9.17) is 0 Å². The van der Waals surface area contributed by atoms with Crippen molar-refractivity contribution in [3.63, 3.8) is 0 Å². The molecule has 2 saturated heterocycles. The number of nitrogens with zero attached hydrogens (tertiary/aromatic N) is 5. The van der Waals surface area contributed by atoms with Crippen LogP contribution in [0.2, 0.25) is 0 Å². The van der Waals surface area contributed by atoms with Crippen LogP contribution in [0.25, 0.3) is 0 Å². The number of hydrogen-bond acceptors (Lipinski definition) is 6. The van der Waals surface area contributed by atoms with Crippen LogP contribution in [-0.4, -0.2) is 40.1 Å². The van der Waals surface area contributed by atoms with E-state index < -0.39 is 0 Å². The number of nitro groups is 1. The first-order chi connectivity index (χ1) is 13.2. The monoisotopic (exact) mass is 387 g/mol. The third kappa shape index (κ3) is 3.33. The van der Waals surface area contributed by atoms with Gasteiger partial charge >= 0.3 is 5.69 Å². The summed E-state index contributed by atoms with van der Waals surface area (Å²) in [6, 6.07) is 0.642. The maximum Gasteiger partial charge on any atom is 0.353 e. The lowest BCUT2D eigenvalue weighted by Crippen LogP contribution is -2.40. The average Bonchev–Trinajstić information content (AvgIpc) is 2.89.